The molecular formula is C15H18N2O3. The van der Waals surface area contributed by atoms with E-state index in [0.717, 1.165) is 19.5 Å². The van der Waals surface area contributed by atoms with Crippen LogP contribution in [0.2, 0.25) is 0 Å². The molecular weight excluding hydrogens is 256 g/mol. The third-order valence-electron chi connectivity index (χ3n) is 4.54. The first-order valence-electron chi connectivity index (χ1n) is 7.05. The summed E-state index contributed by atoms with van der Waals surface area (Å²) in [5.74, 6) is -0.142. The highest BCUT2D eigenvalue weighted by Crippen LogP contribution is 2.53. The summed E-state index contributed by atoms with van der Waals surface area (Å²) in [6.07, 6.45) is 4.81. The molecule has 1 aliphatic carbocycles. The second-order valence-corrected chi connectivity index (χ2v) is 6.04. The number of benzene rings is 1. The molecule has 1 saturated carbocycles. The second kappa shape index (κ2) is 4.58. The van der Waals surface area contributed by atoms with E-state index < -0.39 is 0 Å². The summed E-state index contributed by atoms with van der Waals surface area (Å²) in [4.78, 5) is 24.4. The zero-order valence-electron chi connectivity index (χ0n) is 11.6. The van der Waals surface area contributed by atoms with Crippen molar-refractivity contribution in [2.24, 2.45) is 5.41 Å². The smallest absolute Gasteiger partial charge is 0.293 e. The van der Waals surface area contributed by atoms with Gasteiger partial charge in [-0.15, -0.1) is 0 Å². The number of piperidine rings is 1. The highest BCUT2D eigenvalue weighted by atomic mass is 16.6. The van der Waals surface area contributed by atoms with Crippen LogP contribution in [0.3, 0.4) is 0 Å². The number of hydrogen-bond donors (Lipinski definition) is 0. The molecule has 1 heterocycles. The summed E-state index contributed by atoms with van der Waals surface area (Å²) in [5, 5.41) is 11.3. The lowest BCUT2D eigenvalue weighted by molar-refractivity contribution is -0.384. The van der Waals surface area contributed by atoms with Crippen molar-refractivity contribution < 1.29 is 9.72 Å². The van der Waals surface area contributed by atoms with E-state index in [1.807, 2.05) is 0 Å². The lowest BCUT2D eigenvalue weighted by Gasteiger charge is -2.34. The number of ketones is 1. The summed E-state index contributed by atoms with van der Waals surface area (Å²) < 4.78 is 0. The van der Waals surface area contributed by atoms with Gasteiger partial charge in [-0.3, -0.25) is 14.9 Å². The van der Waals surface area contributed by atoms with Gasteiger partial charge in [0.15, 0.2) is 5.78 Å². The van der Waals surface area contributed by atoms with E-state index in [-0.39, 0.29) is 16.4 Å². The minimum atomic E-state index is -0.379. The van der Waals surface area contributed by atoms with Crippen molar-refractivity contribution in [3.63, 3.8) is 0 Å². The zero-order valence-corrected chi connectivity index (χ0v) is 11.6. The number of rotatable bonds is 3. The van der Waals surface area contributed by atoms with E-state index >= 15 is 0 Å². The van der Waals surface area contributed by atoms with Gasteiger partial charge in [0.05, 0.1) is 4.92 Å². The highest BCUT2D eigenvalue weighted by molar-refractivity contribution is 5.95. The minimum Gasteiger partial charge on any atom is -0.365 e. The van der Waals surface area contributed by atoms with Gasteiger partial charge in [0.1, 0.15) is 5.69 Å². The fourth-order valence-electron chi connectivity index (χ4n) is 3.15. The molecule has 2 fully saturated rings. The number of anilines is 1. The molecule has 20 heavy (non-hydrogen) atoms. The normalized spacial score (nSPS) is 19.9. The standard InChI is InChI=1S/C15H18N2O3/c1-11(18)12-3-4-13(14(9-12)17(19)20)16-8-2-5-15(10-16)6-7-15/h3-4,9H,2,5-8,10H2,1H3. The van der Waals surface area contributed by atoms with E-state index in [4.69, 9.17) is 0 Å². The predicted molar refractivity (Wildman–Crippen MR) is 76.2 cm³/mol. The van der Waals surface area contributed by atoms with Crippen LogP contribution >= 0.6 is 0 Å². The van der Waals surface area contributed by atoms with Crippen LogP contribution in [0.4, 0.5) is 11.4 Å². The Kier molecular flexibility index (Phi) is 3.00. The van der Waals surface area contributed by atoms with Gasteiger partial charge in [0.2, 0.25) is 0 Å². The molecule has 3 rings (SSSR count). The number of hydrogen-bond acceptors (Lipinski definition) is 4. The molecule has 1 saturated heterocycles. The first kappa shape index (κ1) is 13.1. The third kappa shape index (κ3) is 2.28. The fraction of sp³-hybridized carbons (Fsp3) is 0.533. The Labute approximate surface area is 117 Å². The Morgan fingerprint density at radius 1 is 1.35 bits per heavy atom. The van der Waals surface area contributed by atoms with Gasteiger partial charge in [-0.25, -0.2) is 0 Å². The average Bonchev–Trinajstić information content (AvgIpc) is 3.17. The maximum atomic E-state index is 11.4. The SMILES string of the molecule is CC(=O)c1ccc(N2CCCC3(CC3)C2)c([N+](=O)[O-])c1. The largest absolute Gasteiger partial charge is 0.365 e. The molecule has 5 heteroatoms. The van der Waals surface area contributed by atoms with Crippen LogP contribution in [0.1, 0.15) is 43.0 Å². The van der Waals surface area contributed by atoms with Crippen molar-refractivity contribution in [2.75, 3.05) is 18.0 Å². The van der Waals surface area contributed by atoms with E-state index in [2.05, 4.69) is 4.90 Å². The van der Waals surface area contributed by atoms with Gasteiger partial charge in [0, 0.05) is 24.7 Å². The van der Waals surface area contributed by atoms with Crippen molar-refractivity contribution in [3.05, 3.63) is 33.9 Å². The van der Waals surface area contributed by atoms with E-state index in [1.54, 1.807) is 12.1 Å². The Hall–Kier alpha value is -1.91. The Balaban J connectivity index is 1.95. The summed E-state index contributed by atoms with van der Waals surface area (Å²) in [7, 11) is 0. The fourth-order valence-corrected chi connectivity index (χ4v) is 3.15. The van der Waals surface area contributed by atoms with Crippen LogP contribution < -0.4 is 4.90 Å². The Bertz CT molecular complexity index is 578. The minimum absolute atomic E-state index is 0.0513. The van der Waals surface area contributed by atoms with Gasteiger partial charge < -0.3 is 4.90 Å². The predicted octanol–water partition coefficient (Wildman–Crippen LogP) is 3.18. The van der Waals surface area contributed by atoms with E-state index in [1.165, 1.54) is 32.3 Å². The van der Waals surface area contributed by atoms with Crippen LogP contribution in [0.25, 0.3) is 0 Å². The summed E-state index contributed by atoms with van der Waals surface area (Å²) >= 11 is 0. The van der Waals surface area contributed by atoms with Gasteiger partial charge in [-0.1, -0.05) is 0 Å². The number of nitrogens with zero attached hydrogens (tertiary/aromatic N) is 2. The van der Waals surface area contributed by atoms with Gasteiger partial charge >= 0.3 is 0 Å². The number of Topliss-reactive ketones (excluding diaryl/α,β-unsaturated/α-hetero) is 1. The Morgan fingerprint density at radius 3 is 2.70 bits per heavy atom. The Morgan fingerprint density at radius 2 is 2.10 bits per heavy atom. The highest BCUT2D eigenvalue weighted by Gasteiger charge is 2.46. The van der Waals surface area contributed by atoms with Crippen LogP contribution in [-0.2, 0) is 0 Å². The molecule has 1 aromatic carbocycles. The molecule has 0 atom stereocenters. The molecule has 1 aromatic rings. The summed E-state index contributed by atoms with van der Waals surface area (Å²) in [6, 6.07) is 4.83. The molecule has 0 aromatic heterocycles. The first-order chi connectivity index (χ1) is 9.51. The first-order valence-corrected chi connectivity index (χ1v) is 7.05. The van der Waals surface area contributed by atoms with Crippen LogP contribution in [-0.4, -0.2) is 23.8 Å². The van der Waals surface area contributed by atoms with Crippen LogP contribution in [0, 0.1) is 15.5 Å². The number of nitro benzene ring substituents is 1. The molecule has 0 amide bonds. The van der Waals surface area contributed by atoms with Crippen molar-refractivity contribution in [1.29, 1.82) is 0 Å². The zero-order chi connectivity index (χ0) is 14.3. The van der Waals surface area contributed by atoms with Crippen molar-refractivity contribution >= 4 is 17.2 Å². The topological polar surface area (TPSA) is 63.5 Å². The lowest BCUT2D eigenvalue weighted by Crippen LogP contribution is -2.36. The van der Waals surface area contributed by atoms with E-state index in [9.17, 15) is 14.9 Å². The molecule has 0 radical (unpaired) electrons. The molecule has 5 nitrogen and oxygen atoms in total. The van der Waals surface area contributed by atoms with E-state index in [0.29, 0.717) is 16.7 Å². The third-order valence-corrected chi connectivity index (χ3v) is 4.54. The van der Waals surface area contributed by atoms with Crippen molar-refractivity contribution in [2.45, 2.75) is 32.6 Å². The maximum absolute atomic E-state index is 11.4. The quantitative estimate of drug-likeness (QED) is 0.482. The molecule has 2 aliphatic rings. The molecule has 106 valence electrons. The molecule has 0 bridgehead atoms. The lowest BCUT2D eigenvalue weighted by atomic mass is 9.94. The van der Waals surface area contributed by atoms with Crippen LogP contribution in [0.15, 0.2) is 18.2 Å². The molecule has 1 spiro atoms. The maximum Gasteiger partial charge on any atom is 0.293 e. The summed E-state index contributed by atoms with van der Waals surface area (Å²) in [6.45, 7) is 3.20. The van der Waals surface area contributed by atoms with Crippen molar-refractivity contribution in [3.8, 4) is 0 Å². The molecule has 0 N–H and O–H groups in total. The molecule has 1 aliphatic heterocycles. The van der Waals surface area contributed by atoms with Crippen molar-refractivity contribution in [1.82, 2.24) is 0 Å². The summed E-state index contributed by atoms with van der Waals surface area (Å²) in [5.41, 5.74) is 1.52. The number of carbonyl (C=O) groups is 1. The monoisotopic (exact) mass is 274 g/mol. The number of nitro groups is 1. The molecule has 0 unspecified atom stereocenters. The average molecular weight is 274 g/mol. The van der Waals surface area contributed by atoms with Gasteiger partial charge in [-0.2, -0.15) is 0 Å². The van der Waals surface area contributed by atoms with Crippen LogP contribution in [0.5, 0.6) is 0 Å². The van der Waals surface area contributed by atoms with Gasteiger partial charge in [0.25, 0.3) is 5.69 Å². The van der Waals surface area contributed by atoms with Gasteiger partial charge in [-0.05, 0) is 50.2 Å². The second-order valence-electron chi connectivity index (χ2n) is 6.04. The number of carbonyl (C=O) groups excluding carboxylic acids is 1.